The molecule has 1 rings (SSSR count). The largest absolute Gasteiger partial charge is 0.266 e. The fourth-order valence-corrected chi connectivity index (χ4v) is 2.63. The van der Waals surface area contributed by atoms with Crippen LogP contribution in [0.4, 0.5) is 8.78 Å². The first kappa shape index (κ1) is 15.4. The Hall–Kier alpha value is -0.660. The second-order valence-corrected chi connectivity index (χ2v) is 5.55. The van der Waals surface area contributed by atoms with Crippen LogP contribution in [0.2, 0.25) is 0 Å². The summed E-state index contributed by atoms with van der Waals surface area (Å²) in [4.78, 5) is 0. The molecule has 0 saturated heterocycles. The van der Waals surface area contributed by atoms with E-state index in [-0.39, 0.29) is 5.57 Å². The minimum Gasteiger partial charge on any atom is -0.202 e. The van der Waals surface area contributed by atoms with Crippen molar-refractivity contribution in [2.24, 2.45) is 11.8 Å². The zero-order valence-electron chi connectivity index (χ0n) is 11.9. The summed E-state index contributed by atoms with van der Waals surface area (Å²) in [6, 6.07) is 0. The van der Waals surface area contributed by atoms with Gasteiger partial charge in [0.05, 0.1) is 0 Å². The van der Waals surface area contributed by atoms with Crippen LogP contribution >= 0.6 is 0 Å². The highest BCUT2D eigenvalue weighted by Gasteiger charge is 2.26. The predicted octanol–water partition coefficient (Wildman–Crippen LogP) is 5.75. The van der Waals surface area contributed by atoms with Gasteiger partial charge in [-0.3, -0.25) is 0 Å². The molecule has 0 nitrogen and oxygen atoms in total. The van der Waals surface area contributed by atoms with Crippen molar-refractivity contribution < 1.29 is 8.78 Å². The fourth-order valence-electron chi connectivity index (χ4n) is 2.63. The summed E-state index contributed by atoms with van der Waals surface area (Å²) in [6.45, 7) is 4.99. The van der Waals surface area contributed by atoms with Gasteiger partial charge in [0, 0.05) is 6.92 Å². The third kappa shape index (κ3) is 4.91. The first-order valence-electron chi connectivity index (χ1n) is 7.21. The topological polar surface area (TPSA) is 0 Å². The van der Waals surface area contributed by atoms with E-state index in [1.807, 2.05) is 6.08 Å². The number of allylic oxidation sites excluding steroid dienone is 4. The number of hydrogen-bond acceptors (Lipinski definition) is 0. The van der Waals surface area contributed by atoms with E-state index in [1.54, 1.807) is 19.1 Å². The fraction of sp³-hybridized carbons (Fsp3) is 0.750. The second-order valence-electron chi connectivity index (χ2n) is 5.55. The molecule has 0 aromatic heterocycles. The van der Waals surface area contributed by atoms with Gasteiger partial charge in [-0.15, -0.1) is 0 Å². The van der Waals surface area contributed by atoms with Gasteiger partial charge < -0.3 is 0 Å². The standard InChI is InChI=1S/C16H26F2/c1-4-13-11-14(12-13)9-7-6-8-10-15(5-2)16(3,17)18/h6,8,10,13-14H,4-5,7,9,11-12H2,1-3H3/b8-6-,15-10+. The number of hydrogen-bond donors (Lipinski definition) is 0. The lowest BCUT2D eigenvalue weighted by Gasteiger charge is -2.34. The Bertz CT molecular complexity index is 291. The number of rotatable bonds is 7. The molecule has 1 aliphatic carbocycles. The van der Waals surface area contributed by atoms with Crippen molar-refractivity contribution in [3.63, 3.8) is 0 Å². The van der Waals surface area contributed by atoms with Crippen molar-refractivity contribution >= 4 is 0 Å². The van der Waals surface area contributed by atoms with E-state index in [0.717, 1.165) is 25.2 Å². The monoisotopic (exact) mass is 256 g/mol. The van der Waals surface area contributed by atoms with Gasteiger partial charge >= 0.3 is 0 Å². The smallest absolute Gasteiger partial charge is 0.202 e. The van der Waals surface area contributed by atoms with Gasteiger partial charge in [0.2, 0.25) is 0 Å². The average molecular weight is 256 g/mol. The summed E-state index contributed by atoms with van der Waals surface area (Å²) in [5.41, 5.74) is 0.216. The van der Waals surface area contributed by atoms with Crippen LogP contribution < -0.4 is 0 Å². The zero-order chi connectivity index (χ0) is 13.6. The van der Waals surface area contributed by atoms with Gasteiger partial charge in [-0.25, -0.2) is 8.78 Å². The van der Waals surface area contributed by atoms with E-state index in [0.29, 0.717) is 6.42 Å². The van der Waals surface area contributed by atoms with Crippen LogP contribution in [0.3, 0.4) is 0 Å². The summed E-state index contributed by atoms with van der Waals surface area (Å²) >= 11 is 0. The summed E-state index contributed by atoms with van der Waals surface area (Å²) in [5.74, 6) is -0.854. The van der Waals surface area contributed by atoms with E-state index < -0.39 is 5.92 Å². The summed E-state index contributed by atoms with van der Waals surface area (Å²) in [6.07, 6.45) is 12.1. The maximum atomic E-state index is 13.1. The summed E-state index contributed by atoms with van der Waals surface area (Å²) in [5, 5.41) is 0. The second kappa shape index (κ2) is 7.06. The van der Waals surface area contributed by atoms with Gasteiger partial charge in [0.25, 0.3) is 5.92 Å². The van der Waals surface area contributed by atoms with E-state index >= 15 is 0 Å². The van der Waals surface area contributed by atoms with Crippen molar-refractivity contribution in [2.45, 2.75) is 65.2 Å². The lowest BCUT2D eigenvalue weighted by atomic mass is 9.72. The summed E-state index contributed by atoms with van der Waals surface area (Å²) in [7, 11) is 0. The van der Waals surface area contributed by atoms with E-state index in [2.05, 4.69) is 6.92 Å². The number of alkyl halides is 2. The molecule has 1 aliphatic rings. The van der Waals surface area contributed by atoms with Gasteiger partial charge in [-0.2, -0.15) is 0 Å². The third-order valence-electron chi connectivity index (χ3n) is 4.03. The minimum absolute atomic E-state index is 0.216. The van der Waals surface area contributed by atoms with Gasteiger partial charge in [-0.05, 0) is 49.5 Å². The van der Waals surface area contributed by atoms with Crippen LogP contribution in [0, 0.1) is 11.8 Å². The Kier molecular flexibility index (Phi) is 6.04. The Labute approximate surface area is 110 Å². The molecular weight excluding hydrogens is 230 g/mol. The lowest BCUT2D eigenvalue weighted by molar-refractivity contribution is 0.0604. The molecule has 2 heteroatoms. The van der Waals surface area contributed by atoms with E-state index in [4.69, 9.17) is 0 Å². The highest BCUT2D eigenvalue weighted by Crippen LogP contribution is 2.38. The number of halogens is 2. The SMILES string of the molecule is CC/C(=C\C=C/CCC1CC(CC)C1)C(C)(F)F. The van der Waals surface area contributed by atoms with Crippen molar-refractivity contribution in [2.75, 3.05) is 0 Å². The zero-order valence-corrected chi connectivity index (χ0v) is 11.9. The molecule has 0 N–H and O–H groups in total. The molecule has 0 unspecified atom stereocenters. The molecule has 1 fully saturated rings. The highest BCUT2D eigenvalue weighted by molar-refractivity contribution is 5.18. The van der Waals surface area contributed by atoms with Gasteiger partial charge in [-0.1, -0.05) is 38.5 Å². The normalized spacial score (nSPS) is 25.5. The van der Waals surface area contributed by atoms with Crippen LogP contribution in [-0.4, -0.2) is 5.92 Å². The maximum absolute atomic E-state index is 13.1. The Morgan fingerprint density at radius 2 is 1.89 bits per heavy atom. The molecule has 0 radical (unpaired) electrons. The van der Waals surface area contributed by atoms with E-state index in [9.17, 15) is 8.78 Å². The lowest BCUT2D eigenvalue weighted by Crippen LogP contribution is -2.22. The van der Waals surface area contributed by atoms with Crippen molar-refractivity contribution in [3.05, 3.63) is 23.8 Å². The predicted molar refractivity (Wildman–Crippen MR) is 73.9 cm³/mol. The first-order chi connectivity index (χ1) is 8.47. The molecule has 1 saturated carbocycles. The molecule has 0 amide bonds. The van der Waals surface area contributed by atoms with Crippen LogP contribution in [0.15, 0.2) is 23.8 Å². The quantitative estimate of drug-likeness (QED) is 0.509. The summed E-state index contributed by atoms with van der Waals surface area (Å²) < 4.78 is 26.1. The molecule has 18 heavy (non-hydrogen) atoms. The first-order valence-corrected chi connectivity index (χ1v) is 7.21. The van der Waals surface area contributed by atoms with Crippen molar-refractivity contribution in [1.82, 2.24) is 0 Å². The average Bonchev–Trinajstić information content (AvgIpc) is 2.23. The van der Waals surface area contributed by atoms with Crippen LogP contribution in [0.5, 0.6) is 0 Å². The molecule has 0 aromatic rings. The molecule has 0 bridgehead atoms. The third-order valence-corrected chi connectivity index (χ3v) is 4.03. The molecule has 0 spiro atoms. The van der Waals surface area contributed by atoms with Crippen molar-refractivity contribution in [1.29, 1.82) is 0 Å². The minimum atomic E-state index is -2.68. The van der Waals surface area contributed by atoms with Crippen LogP contribution in [0.1, 0.15) is 59.3 Å². The van der Waals surface area contributed by atoms with Crippen molar-refractivity contribution in [3.8, 4) is 0 Å². The highest BCUT2D eigenvalue weighted by atomic mass is 19.3. The van der Waals surface area contributed by atoms with Gasteiger partial charge in [0.15, 0.2) is 0 Å². The molecule has 0 aromatic carbocycles. The molecular formula is C16H26F2. The Balaban J connectivity index is 2.23. The molecule has 104 valence electrons. The molecule has 0 aliphatic heterocycles. The van der Waals surface area contributed by atoms with Gasteiger partial charge in [0.1, 0.15) is 0 Å². The molecule has 0 atom stereocenters. The van der Waals surface area contributed by atoms with E-state index in [1.165, 1.54) is 25.7 Å². The molecule has 0 heterocycles. The van der Waals surface area contributed by atoms with Crippen LogP contribution in [0.25, 0.3) is 0 Å². The Morgan fingerprint density at radius 1 is 1.22 bits per heavy atom. The Morgan fingerprint density at radius 3 is 2.39 bits per heavy atom. The van der Waals surface area contributed by atoms with Crippen LogP contribution in [-0.2, 0) is 0 Å². The maximum Gasteiger partial charge on any atom is 0.266 e.